The first kappa shape index (κ1) is 15.0. The second-order valence-electron chi connectivity index (χ2n) is 4.12. The lowest BCUT2D eigenvalue weighted by Gasteiger charge is -2.10. The van der Waals surface area contributed by atoms with Gasteiger partial charge >= 0.3 is 6.36 Å². The molecule has 0 aliphatic heterocycles. The average molecular weight is 299 g/mol. The number of anilines is 1. The van der Waals surface area contributed by atoms with Crippen molar-refractivity contribution in [3.63, 3.8) is 0 Å². The maximum Gasteiger partial charge on any atom is 0.573 e. The van der Waals surface area contributed by atoms with Crippen LogP contribution in [0.1, 0.15) is 5.69 Å². The molecule has 21 heavy (non-hydrogen) atoms. The molecule has 1 aromatic carbocycles. The molecule has 5 nitrogen and oxygen atoms in total. The van der Waals surface area contributed by atoms with E-state index >= 15 is 0 Å². The van der Waals surface area contributed by atoms with Crippen LogP contribution in [0.25, 0.3) is 11.4 Å². The molecule has 0 atom stereocenters. The molecule has 0 aliphatic rings. The van der Waals surface area contributed by atoms with Gasteiger partial charge in [0, 0.05) is 18.7 Å². The Kier molecular flexibility index (Phi) is 4.27. The lowest BCUT2D eigenvalue weighted by molar-refractivity contribution is -0.274. The molecule has 1 heterocycles. The molecule has 0 radical (unpaired) electrons. The molecule has 0 aliphatic carbocycles. The van der Waals surface area contributed by atoms with Crippen LogP contribution in [0.2, 0.25) is 0 Å². The van der Waals surface area contributed by atoms with E-state index in [9.17, 15) is 13.2 Å². The van der Waals surface area contributed by atoms with Gasteiger partial charge in [-0.05, 0) is 12.1 Å². The van der Waals surface area contributed by atoms with Gasteiger partial charge in [-0.3, -0.25) is 0 Å². The summed E-state index contributed by atoms with van der Waals surface area (Å²) in [5.41, 5.74) is 6.54. The van der Waals surface area contributed by atoms with Crippen LogP contribution in [0, 0.1) is 0 Å². The van der Waals surface area contributed by atoms with Crippen molar-refractivity contribution in [3.8, 4) is 17.1 Å². The monoisotopic (exact) mass is 299 g/mol. The SMILES string of the molecule is COCc1cc(N)nc(-c2cccc(OC(F)(F)F)c2)n1. The summed E-state index contributed by atoms with van der Waals surface area (Å²) in [7, 11) is 1.50. The van der Waals surface area contributed by atoms with Gasteiger partial charge in [0.2, 0.25) is 0 Å². The zero-order valence-corrected chi connectivity index (χ0v) is 11.0. The number of hydrogen-bond acceptors (Lipinski definition) is 5. The lowest BCUT2D eigenvalue weighted by Crippen LogP contribution is -2.17. The van der Waals surface area contributed by atoms with Crippen molar-refractivity contribution in [2.45, 2.75) is 13.0 Å². The van der Waals surface area contributed by atoms with Gasteiger partial charge in [0.25, 0.3) is 0 Å². The second kappa shape index (κ2) is 5.96. The molecule has 0 saturated heterocycles. The molecule has 0 fully saturated rings. The number of methoxy groups -OCH3 is 1. The number of aromatic nitrogens is 2. The molecular formula is C13H12F3N3O2. The second-order valence-corrected chi connectivity index (χ2v) is 4.12. The van der Waals surface area contributed by atoms with E-state index in [0.29, 0.717) is 11.3 Å². The summed E-state index contributed by atoms with van der Waals surface area (Å²) in [6.07, 6.45) is -4.75. The van der Waals surface area contributed by atoms with Gasteiger partial charge in [0.05, 0.1) is 12.3 Å². The molecule has 1 aromatic heterocycles. The minimum Gasteiger partial charge on any atom is -0.406 e. The Morgan fingerprint density at radius 3 is 2.62 bits per heavy atom. The van der Waals surface area contributed by atoms with E-state index in [2.05, 4.69) is 14.7 Å². The summed E-state index contributed by atoms with van der Waals surface area (Å²) in [6.45, 7) is 0.221. The summed E-state index contributed by atoms with van der Waals surface area (Å²) >= 11 is 0. The molecule has 2 N–H and O–H groups in total. The first-order valence-electron chi connectivity index (χ1n) is 5.86. The fourth-order valence-corrected chi connectivity index (χ4v) is 1.70. The van der Waals surface area contributed by atoms with Gasteiger partial charge in [0.15, 0.2) is 5.82 Å². The van der Waals surface area contributed by atoms with Crippen LogP contribution >= 0.6 is 0 Å². The topological polar surface area (TPSA) is 70.3 Å². The number of nitrogen functional groups attached to an aromatic ring is 1. The van der Waals surface area contributed by atoms with Crippen LogP contribution in [-0.4, -0.2) is 23.4 Å². The summed E-state index contributed by atoms with van der Waals surface area (Å²) < 4.78 is 45.4. The quantitative estimate of drug-likeness (QED) is 0.940. The van der Waals surface area contributed by atoms with Crippen molar-refractivity contribution < 1.29 is 22.6 Å². The maximum absolute atomic E-state index is 12.2. The molecule has 2 rings (SSSR count). The van der Waals surface area contributed by atoms with Crippen molar-refractivity contribution in [1.82, 2.24) is 9.97 Å². The van der Waals surface area contributed by atoms with E-state index in [4.69, 9.17) is 10.5 Å². The summed E-state index contributed by atoms with van der Waals surface area (Å²) in [5, 5.41) is 0. The van der Waals surface area contributed by atoms with Crippen LogP contribution in [0.4, 0.5) is 19.0 Å². The first-order chi connectivity index (χ1) is 9.87. The van der Waals surface area contributed by atoms with Crippen molar-refractivity contribution >= 4 is 5.82 Å². The Morgan fingerprint density at radius 1 is 1.19 bits per heavy atom. The predicted molar refractivity (Wildman–Crippen MR) is 69.3 cm³/mol. The largest absolute Gasteiger partial charge is 0.573 e. The minimum absolute atomic E-state index is 0.203. The third kappa shape index (κ3) is 4.32. The summed E-state index contributed by atoms with van der Waals surface area (Å²) in [5.74, 6) is 0.0585. The molecule has 112 valence electrons. The summed E-state index contributed by atoms with van der Waals surface area (Å²) in [6, 6.07) is 6.90. The third-order valence-corrected chi connectivity index (χ3v) is 2.42. The van der Waals surface area contributed by atoms with E-state index in [1.54, 1.807) is 6.07 Å². The van der Waals surface area contributed by atoms with E-state index in [-0.39, 0.29) is 24.0 Å². The van der Waals surface area contributed by atoms with Gasteiger partial charge < -0.3 is 15.2 Å². The molecule has 0 unspecified atom stereocenters. The predicted octanol–water partition coefficient (Wildman–Crippen LogP) is 2.77. The highest BCUT2D eigenvalue weighted by atomic mass is 19.4. The Morgan fingerprint density at radius 2 is 1.95 bits per heavy atom. The zero-order valence-electron chi connectivity index (χ0n) is 11.0. The van der Waals surface area contributed by atoms with Gasteiger partial charge in [-0.1, -0.05) is 12.1 Å². The van der Waals surface area contributed by atoms with Gasteiger partial charge in [0.1, 0.15) is 11.6 Å². The highest BCUT2D eigenvalue weighted by molar-refractivity contribution is 5.59. The highest BCUT2D eigenvalue weighted by Crippen LogP contribution is 2.27. The fourth-order valence-electron chi connectivity index (χ4n) is 1.70. The van der Waals surface area contributed by atoms with Crippen molar-refractivity contribution in [1.29, 1.82) is 0 Å². The number of benzene rings is 1. The minimum atomic E-state index is -4.75. The van der Waals surface area contributed by atoms with Crippen LogP contribution in [0.3, 0.4) is 0 Å². The molecule has 8 heteroatoms. The number of alkyl halides is 3. The van der Waals surface area contributed by atoms with Gasteiger partial charge in [-0.2, -0.15) is 0 Å². The van der Waals surface area contributed by atoms with E-state index in [1.165, 1.54) is 31.4 Å². The first-order valence-corrected chi connectivity index (χ1v) is 5.86. The van der Waals surface area contributed by atoms with E-state index in [1.807, 2.05) is 0 Å². The third-order valence-electron chi connectivity index (χ3n) is 2.42. The standard InChI is InChI=1S/C13H12F3N3O2/c1-20-7-9-6-11(17)19-12(18-9)8-3-2-4-10(5-8)21-13(14,15)16/h2-6H,7H2,1H3,(H2,17,18,19). The normalized spacial score (nSPS) is 11.4. The Hall–Kier alpha value is -2.35. The molecule has 0 bridgehead atoms. The van der Waals surface area contributed by atoms with Crippen LogP contribution < -0.4 is 10.5 Å². The van der Waals surface area contributed by atoms with Gasteiger partial charge in [-0.15, -0.1) is 13.2 Å². The molecule has 2 aromatic rings. The molecule has 0 spiro atoms. The van der Waals surface area contributed by atoms with Crippen molar-refractivity contribution in [3.05, 3.63) is 36.0 Å². The van der Waals surface area contributed by atoms with Crippen molar-refractivity contribution in [2.24, 2.45) is 0 Å². The van der Waals surface area contributed by atoms with Crippen molar-refractivity contribution in [2.75, 3.05) is 12.8 Å². The molecule has 0 saturated carbocycles. The number of ether oxygens (including phenoxy) is 2. The van der Waals surface area contributed by atoms with E-state index in [0.717, 1.165) is 0 Å². The Balaban J connectivity index is 2.35. The lowest BCUT2D eigenvalue weighted by atomic mass is 10.2. The number of halogens is 3. The number of nitrogens with zero attached hydrogens (tertiary/aromatic N) is 2. The van der Waals surface area contributed by atoms with E-state index < -0.39 is 6.36 Å². The Labute approximate surface area is 118 Å². The molecule has 0 amide bonds. The fraction of sp³-hybridized carbons (Fsp3) is 0.231. The molecular weight excluding hydrogens is 287 g/mol. The number of rotatable bonds is 4. The van der Waals surface area contributed by atoms with Gasteiger partial charge in [-0.25, -0.2) is 9.97 Å². The van der Waals surface area contributed by atoms with Crippen LogP contribution in [-0.2, 0) is 11.3 Å². The van der Waals surface area contributed by atoms with Crippen LogP contribution in [0.15, 0.2) is 30.3 Å². The number of hydrogen-bond donors (Lipinski definition) is 1. The van der Waals surface area contributed by atoms with Crippen LogP contribution in [0.5, 0.6) is 5.75 Å². The number of nitrogens with two attached hydrogens (primary N) is 1. The highest BCUT2D eigenvalue weighted by Gasteiger charge is 2.31. The Bertz CT molecular complexity index is 632. The summed E-state index contributed by atoms with van der Waals surface area (Å²) in [4.78, 5) is 8.18. The smallest absolute Gasteiger partial charge is 0.406 e. The zero-order chi connectivity index (χ0) is 15.5. The maximum atomic E-state index is 12.2. The average Bonchev–Trinajstić information content (AvgIpc) is 2.36.